The summed E-state index contributed by atoms with van der Waals surface area (Å²) in [4.78, 5) is 9.63. The molecule has 0 saturated carbocycles. The highest BCUT2D eigenvalue weighted by Crippen LogP contribution is 2.36. The molecule has 35 heavy (non-hydrogen) atoms. The first kappa shape index (κ1) is 23.5. The molecule has 0 radical (unpaired) electrons. The zero-order valence-corrected chi connectivity index (χ0v) is 20.9. The summed E-state index contributed by atoms with van der Waals surface area (Å²) in [5.41, 5.74) is 2.10. The Morgan fingerprint density at radius 2 is 1.77 bits per heavy atom. The predicted molar refractivity (Wildman–Crippen MR) is 134 cm³/mol. The highest BCUT2D eigenvalue weighted by Gasteiger charge is 2.32. The Morgan fingerprint density at radius 1 is 0.971 bits per heavy atom. The van der Waals surface area contributed by atoms with Crippen LogP contribution in [0.2, 0.25) is 0 Å². The molecule has 0 amide bonds. The van der Waals surface area contributed by atoms with Gasteiger partial charge in [0.05, 0.1) is 43.6 Å². The summed E-state index contributed by atoms with van der Waals surface area (Å²) in [6.07, 6.45) is 0. The van der Waals surface area contributed by atoms with Crippen molar-refractivity contribution in [3.05, 3.63) is 53.9 Å². The van der Waals surface area contributed by atoms with E-state index in [1.54, 1.807) is 32.7 Å². The SMILES string of the molecule is COCCn1nnnc1[C@H](c1ccc(OC)c(OC)c1)N1CCN(c2nc3ccccc3s2)CC1. The molecule has 1 fully saturated rings. The number of aromatic nitrogens is 5. The van der Waals surface area contributed by atoms with Gasteiger partial charge in [0.15, 0.2) is 22.5 Å². The second-order valence-corrected chi connectivity index (χ2v) is 9.27. The van der Waals surface area contributed by atoms with E-state index in [0.29, 0.717) is 24.7 Å². The summed E-state index contributed by atoms with van der Waals surface area (Å²) in [6, 6.07) is 14.1. The van der Waals surface area contributed by atoms with E-state index in [0.717, 1.165) is 48.2 Å². The number of ether oxygens (including phenoxy) is 3. The second kappa shape index (κ2) is 10.5. The summed E-state index contributed by atoms with van der Waals surface area (Å²) in [7, 11) is 4.97. The third-order valence-electron chi connectivity index (χ3n) is 6.27. The maximum absolute atomic E-state index is 5.59. The number of fused-ring (bicyclic) bond motifs is 1. The van der Waals surface area contributed by atoms with E-state index in [-0.39, 0.29) is 6.04 Å². The summed E-state index contributed by atoms with van der Waals surface area (Å²) in [6.45, 7) is 4.51. The fourth-order valence-electron chi connectivity index (χ4n) is 4.46. The normalized spacial score (nSPS) is 15.5. The number of anilines is 1. The highest BCUT2D eigenvalue weighted by molar-refractivity contribution is 7.22. The van der Waals surface area contributed by atoms with Crippen molar-refractivity contribution in [2.24, 2.45) is 0 Å². The van der Waals surface area contributed by atoms with Crippen LogP contribution >= 0.6 is 11.3 Å². The molecular formula is C24H29N7O3S. The fourth-order valence-corrected chi connectivity index (χ4v) is 5.47. The van der Waals surface area contributed by atoms with Crippen LogP contribution < -0.4 is 14.4 Å². The Hall–Kier alpha value is -3.28. The Balaban J connectivity index is 1.43. The number of thiazole rings is 1. The number of tetrazole rings is 1. The molecule has 0 spiro atoms. The van der Waals surface area contributed by atoms with E-state index in [9.17, 15) is 0 Å². The van der Waals surface area contributed by atoms with Gasteiger partial charge in [-0.25, -0.2) is 9.67 Å². The molecule has 0 N–H and O–H groups in total. The zero-order valence-electron chi connectivity index (χ0n) is 20.1. The number of hydrogen-bond donors (Lipinski definition) is 0. The molecule has 1 aliphatic heterocycles. The van der Waals surface area contributed by atoms with Crippen LogP contribution in [0.3, 0.4) is 0 Å². The molecule has 4 aromatic rings. The Kier molecular flexibility index (Phi) is 7.07. The number of nitrogens with zero attached hydrogens (tertiary/aromatic N) is 7. The van der Waals surface area contributed by atoms with E-state index in [1.807, 2.05) is 22.9 Å². The van der Waals surface area contributed by atoms with Crippen LogP contribution in [0.5, 0.6) is 11.5 Å². The molecule has 0 unspecified atom stereocenters. The molecule has 1 aliphatic rings. The van der Waals surface area contributed by atoms with E-state index in [4.69, 9.17) is 19.2 Å². The third kappa shape index (κ3) is 4.79. The number of rotatable bonds is 9. The van der Waals surface area contributed by atoms with E-state index in [1.165, 1.54) is 4.70 Å². The van der Waals surface area contributed by atoms with Crippen LogP contribution in [-0.2, 0) is 11.3 Å². The van der Waals surface area contributed by atoms with Gasteiger partial charge in [0.2, 0.25) is 0 Å². The first-order valence-corrected chi connectivity index (χ1v) is 12.3. The van der Waals surface area contributed by atoms with Crippen LogP contribution in [-0.4, -0.2) is 84.2 Å². The van der Waals surface area contributed by atoms with Gasteiger partial charge in [-0.05, 0) is 40.3 Å². The number of methoxy groups -OCH3 is 3. The minimum absolute atomic E-state index is 0.140. The van der Waals surface area contributed by atoms with Gasteiger partial charge in [-0.1, -0.05) is 29.5 Å². The van der Waals surface area contributed by atoms with Crippen molar-refractivity contribution in [1.82, 2.24) is 30.1 Å². The molecule has 184 valence electrons. The van der Waals surface area contributed by atoms with Crippen LogP contribution in [0.4, 0.5) is 5.13 Å². The lowest BCUT2D eigenvalue weighted by Gasteiger charge is -2.38. The van der Waals surface area contributed by atoms with Gasteiger partial charge >= 0.3 is 0 Å². The van der Waals surface area contributed by atoms with E-state index in [2.05, 4.69) is 49.6 Å². The number of hydrogen-bond acceptors (Lipinski definition) is 10. The largest absolute Gasteiger partial charge is 0.493 e. The van der Waals surface area contributed by atoms with E-state index >= 15 is 0 Å². The van der Waals surface area contributed by atoms with Gasteiger partial charge in [-0.2, -0.15) is 0 Å². The molecule has 2 aromatic heterocycles. The molecule has 10 nitrogen and oxygen atoms in total. The van der Waals surface area contributed by atoms with Gasteiger partial charge in [0.25, 0.3) is 0 Å². The van der Waals surface area contributed by atoms with Crippen molar-refractivity contribution in [1.29, 1.82) is 0 Å². The Morgan fingerprint density at radius 3 is 2.51 bits per heavy atom. The third-order valence-corrected chi connectivity index (χ3v) is 7.36. The summed E-state index contributed by atoms with van der Waals surface area (Å²) >= 11 is 1.74. The van der Waals surface area contributed by atoms with Crippen molar-refractivity contribution in [2.45, 2.75) is 12.6 Å². The maximum Gasteiger partial charge on any atom is 0.186 e. The number of para-hydroxylation sites is 1. The highest BCUT2D eigenvalue weighted by atomic mass is 32.1. The van der Waals surface area contributed by atoms with Gasteiger partial charge in [0, 0.05) is 33.3 Å². The van der Waals surface area contributed by atoms with Crippen molar-refractivity contribution in [3.8, 4) is 11.5 Å². The molecular weight excluding hydrogens is 466 g/mol. The lowest BCUT2D eigenvalue weighted by molar-refractivity contribution is 0.171. The first-order chi connectivity index (χ1) is 17.2. The van der Waals surface area contributed by atoms with Crippen molar-refractivity contribution < 1.29 is 14.2 Å². The van der Waals surface area contributed by atoms with Crippen molar-refractivity contribution >= 4 is 26.7 Å². The van der Waals surface area contributed by atoms with Crippen LogP contribution in [0.15, 0.2) is 42.5 Å². The second-order valence-electron chi connectivity index (χ2n) is 8.26. The van der Waals surface area contributed by atoms with Crippen molar-refractivity contribution in [2.75, 3.05) is 59.0 Å². The van der Waals surface area contributed by atoms with Crippen LogP contribution in [0, 0.1) is 0 Å². The van der Waals surface area contributed by atoms with Crippen molar-refractivity contribution in [3.63, 3.8) is 0 Å². The minimum atomic E-state index is -0.140. The Labute approximate surface area is 208 Å². The smallest absolute Gasteiger partial charge is 0.186 e. The standard InChI is InChI=1S/C24H29N7O3S/c1-32-15-14-31-23(26-27-28-31)22(17-8-9-19(33-2)20(16-17)34-3)29-10-12-30(13-11-29)24-25-18-6-4-5-7-21(18)35-24/h4-9,16,22H,10-15H2,1-3H3/t22-/m0/s1. The molecule has 3 heterocycles. The van der Waals surface area contributed by atoms with Crippen LogP contribution in [0.25, 0.3) is 10.2 Å². The summed E-state index contributed by atoms with van der Waals surface area (Å²) in [5.74, 6) is 2.15. The fraction of sp³-hybridized carbons (Fsp3) is 0.417. The molecule has 5 rings (SSSR count). The summed E-state index contributed by atoms with van der Waals surface area (Å²) in [5, 5.41) is 13.7. The first-order valence-electron chi connectivity index (χ1n) is 11.5. The zero-order chi connectivity index (χ0) is 24.2. The Bertz CT molecular complexity index is 1240. The molecule has 1 saturated heterocycles. The monoisotopic (exact) mass is 495 g/mol. The molecule has 1 atom stereocenters. The van der Waals surface area contributed by atoms with Crippen LogP contribution in [0.1, 0.15) is 17.4 Å². The molecule has 0 bridgehead atoms. The van der Waals surface area contributed by atoms with Gasteiger partial charge in [0.1, 0.15) is 0 Å². The average molecular weight is 496 g/mol. The molecule has 2 aromatic carbocycles. The number of piperazine rings is 1. The summed E-state index contributed by atoms with van der Waals surface area (Å²) < 4.78 is 19.4. The topological polar surface area (TPSA) is 90.7 Å². The quantitative estimate of drug-likeness (QED) is 0.348. The number of benzene rings is 2. The molecule has 0 aliphatic carbocycles. The van der Waals surface area contributed by atoms with Gasteiger partial charge in [-0.3, -0.25) is 4.90 Å². The van der Waals surface area contributed by atoms with Gasteiger partial charge < -0.3 is 19.1 Å². The van der Waals surface area contributed by atoms with E-state index < -0.39 is 0 Å². The van der Waals surface area contributed by atoms with Gasteiger partial charge in [-0.15, -0.1) is 5.10 Å². The average Bonchev–Trinajstić information content (AvgIpc) is 3.55. The minimum Gasteiger partial charge on any atom is -0.493 e. The lowest BCUT2D eigenvalue weighted by atomic mass is 10.0. The maximum atomic E-state index is 5.59. The predicted octanol–water partition coefficient (Wildman–Crippen LogP) is 2.86. The molecule has 11 heteroatoms. The lowest BCUT2D eigenvalue weighted by Crippen LogP contribution is -2.48.